The van der Waals surface area contributed by atoms with E-state index in [-0.39, 0.29) is 6.61 Å². The Morgan fingerprint density at radius 2 is 1.69 bits per heavy atom. The summed E-state index contributed by atoms with van der Waals surface area (Å²) >= 11 is 18.6. The molecule has 1 aromatic heterocycles. The highest BCUT2D eigenvalue weighted by Gasteiger charge is 2.36. The lowest BCUT2D eigenvalue weighted by molar-refractivity contribution is -0.136. The highest BCUT2D eigenvalue weighted by molar-refractivity contribution is 6.36. The average molecular weight is 542 g/mol. The molecule has 0 radical (unpaired) electrons. The molecule has 7 nitrogen and oxygen atoms in total. The van der Waals surface area contributed by atoms with Crippen LogP contribution in [0.5, 0.6) is 5.75 Å². The molecule has 10 heteroatoms. The summed E-state index contributed by atoms with van der Waals surface area (Å²) in [5.41, 5.74) is 3.21. The predicted molar refractivity (Wildman–Crippen MR) is 139 cm³/mol. The van der Waals surface area contributed by atoms with Gasteiger partial charge in [-0.15, -0.1) is 0 Å². The Morgan fingerprint density at radius 3 is 2.36 bits per heavy atom. The minimum absolute atomic E-state index is 0.215. The number of benzene rings is 3. The van der Waals surface area contributed by atoms with Crippen LogP contribution in [0.2, 0.25) is 15.1 Å². The van der Waals surface area contributed by atoms with Crippen LogP contribution in [0, 0.1) is 0 Å². The Balaban J connectivity index is 1.51. The number of esters is 1. The van der Waals surface area contributed by atoms with E-state index in [1.165, 1.54) is 13.4 Å². The molecule has 0 fully saturated rings. The largest absolute Gasteiger partial charge is 0.489 e. The molecule has 1 N–H and O–H groups in total. The fraction of sp³-hybridized carbons (Fsp3) is 0.115. The first-order valence-corrected chi connectivity index (χ1v) is 12.0. The van der Waals surface area contributed by atoms with E-state index in [0.717, 1.165) is 11.1 Å². The molecule has 0 spiro atoms. The van der Waals surface area contributed by atoms with E-state index >= 15 is 0 Å². The second-order valence-corrected chi connectivity index (χ2v) is 9.15. The zero-order chi connectivity index (χ0) is 25.2. The van der Waals surface area contributed by atoms with E-state index in [4.69, 9.17) is 44.3 Å². The quantitative estimate of drug-likeness (QED) is 0.284. The van der Waals surface area contributed by atoms with Crippen molar-refractivity contribution < 1.29 is 14.3 Å². The minimum Gasteiger partial charge on any atom is -0.489 e. The summed E-state index contributed by atoms with van der Waals surface area (Å²) in [7, 11) is 1.35. The number of halogens is 3. The number of ether oxygens (including phenoxy) is 2. The van der Waals surface area contributed by atoms with Crippen LogP contribution in [0.3, 0.4) is 0 Å². The molecular formula is C26H19Cl3N4O3. The van der Waals surface area contributed by atoms with E-state index in [2.05, 4.69) is 15.4 Å². The molecule has 0 unspecified atom stereocenters. The van der Waals surface area contributed by atoms with Gasteiger partial charge in [0.05, 0.1) is 18.4 Å². The topological polar surface area (TPSA) is 78.3 Å². The Hall–Kier alpha value is -3.52. The van der Waals surface area contributed by atoms with Crippen LogP contribution in [0.4, 0.5) is 5.95 Å². The molecule has 1 aliphatic heterocycles. The van der Waals surface area contributed by atoms with Crippen LogP contribution in [0.1, 0.15) is 22.7 Å². The maximum atomic E-state index is 13.1. The van der Waals surface area contributed by atoms with E-state index in [1.807, 2.05) is 36.4 Å². The Kier molecular flexibility index (Phi) is 6.87. The first-order valence-electron chi connectivity index (χ1n) is 10.9. The second kappa shape index (κ2) is 10.2. The summed E-state index contributed by atoms with van der Waals surface area (Å²) < 4.78 is 12.7. The van der Waals surface area contributed by atoms with Crippen LogP contribution < -0.4 is 10.1 Å². The first kappa shape index (κ1) is 24.2. The van der Waals surface area contributed by atoms with Crippen LogP contribution in [0.15, 0.2) is 78.6 Å². The van der Waals surface area contributed by atoms with E-state index < -0.39 is 12.0 Å². The van der Waals surface area contributed by atoms with Crippen molar-refractivity contribution in [3.63, 3.8) is 0 Å². The summed E-state index contributed by atoms with van der Waals surface area (Å²) in [6.45, 7) is 0.215. The number of carbonyl (C=O) groups excluding carboxylic acids is 1. The van der Waals surface area contributed by atoms with Gasteiger partial charge in [-0.25, -0.2) is 9.48 Å². The van der Waals surface area contributed by atoms with Gasteiger partial charge >= 0.3 is 5.97 Å². The Morgan fingerprint density at radius 1 is 1.00 bits per heavy atom. The number of rotatable bonds is 6. The smallest absolute Gasteiger partial charge is 0.338 e. The fourth-order valence-corrected chi connectivity index (χ4v) is 4.65. The summed E-state index contributed by atoms with van der Waals surface area (Å²) in [5.74, 6) is 0.614. The molecule has 0 aliphatic carbocycles. The van der Waals surface area contributed by atoms with Crippen molar-refractivity contribution in [2.45, 2.75) is 12.6 Å². The molecule has 0 amide bonds. The van der Waals surface area contributed by atoms with Gasteiger partial charge in [0.25, 0.3) is 0 Å². The van der Waals surface area contributed by atoms with Gasteiger partial charge in [-0.2, -0.15) is 10.1 Å². The first-order chi connectivity index (χ1) is 17.5. The molecule has 5 rings (SSSR count). The van der Waals surface area contributed by atoms with Crippen molar-refractivity contribution in [2.24, 2.45) is 0 Å². The van der Waals surface area contributed by atoms with Crippen LogP contribution >= 0.6 is 34.8 Å². The highest BCUT2D eigenvalue weighted by Crippen LogP contribution is 2.39. The summed E-state index contributed by atoms with van der Waals surface area (Å²) in [6.07, 6.45) is 1.43. The van der Waals surface area contributed by atoms with Gasteiger partial charge in [0.1, 0.15) is 24.7 Å². The normalized spacial score (nSPS) is 14.7. The molecule has 0 saturated carbocycles. The molecule has 182 valence electrons. The zero-order valence-corrected chi connectivity index (χ0v) is 21.2. The minimum atomic E-state index is -0.589. The number of fused-ring (bicyclic) bond motifs is 1. The molecule has 2 heterocycles. The number of nitrogens with zero attached hydrogens (tertiary/aromatic N) is 3. The molecule has 3 aromatic carbocycles. The molecule has 36 heavy (non-hydrogen) atoms. The number of hydrogen-bond donors (Lipinski definition) is 1. The third-order valence-electron chi connectivity index (χ3n) is 5.78. The number of hydrogen-bond acceptors (Lipinski definition) is 6. The number of anilines is 1. The monoisotopic (exact) mass is 540 g/mol. The van der Waals surface area contributed by atoms with E-state index in [9.17, 15) is 4.79 Å². The lowest BCUT2D eigenvalue weighted by Gasteiger charge is -2.29. The SMILES string of the molecule is COC(=O)C1=C(c2ccc(Cl)cc2)Nc2ncnn2[C@@H]1c1ccc(OCc2c(Cl)cccc2Cl)cc1. The fourth-order valence-electron chi connectivity index (χ4n) is 4.01. The maximum Gasteiger partial charge on any atom is 0.338 e. The predicted octanol–water partition coefficient (Wildman–Crippen LogP) is 6.42. The third-order valence-corrected chi connectivity index (χ3v) is 6.74. The van der Waals surface area contributed by atoms with Gasteiger partial charge in [-0.1, -0.05) is 65.1 Å². The van der Waals surface area contributed by atoms with Crippen molar-refractivity contribution in [3.8, 4) is 5.75 Å². The number of carbonyl (C=O) groups is 1. The number of nitrogens with one attached hydrogen (secondary N) is 1. The summed E-state index contributed by atoms with van der Waals surface area (Å²) in [4.78, 5) is 17.4. The van der Waals surface area contributed by atoms with Gasteiger partial charge < -0.3 is 14.8 Å². The average Bonchev–Trinajstić information content (AvgIpc) is 3.36. The third kappa shape index (κ3) is 4.65. The van der Waals surface area contributed by atoms with Crippen molar-refractivity contribution in [1.29, 1.82) is 0 Å². The van der Waals surface area contributed by atoms with Gasteiger partial charge in [0.2, 0.25) is 5.95 Å². The molecule has 0 bridgehead atoms. The Labute approximate surface area is 222 Å². The lowest BCUT2D eigenvalue weighted by atomic mass is 9.93. The lowest BCUT2D eigenvalue weighted by Crippen LogP contribution is -2.29. The van der Waals surface area contributed by atoms with Crippen LogP contribution in [-0.2, 0) is 16.1 Å². The number of aromatic nitrogens is 3. The maximum absolute atomic E-state index is 13.1. The standard InChI is InChI=1S/C26H19Cl3N4O3/c1-35-25(34)22-23(15-5-9-17(27)10-6-15)32-26-30-14-31-33(26)24(22)16-7-11-18(12-8-16)36-13-19-20(28)3-2-4-21(19)29/h2-12,14,24H,13H2,1H3,(H,30,31,32)/t24-/m1/s1. The zero-order valence-electron chi connectivity index (χ0n) is 18.9. The van der Waals surface area contributed by atoms with E-state index in [0.29, 0.717) is 43.6 Å². The van der Waals surface area contributed by atoms with Gasteiger partial charge in [0.15, 0.2) is 0 Å². The molecule has 1 aliphatic rings. The van der Waals surface area contributed by atoms with Crippen molar-refractivity contribution in [3.05, 3.63) is 110 Å². The van der Waals surface area contributed by atoms with Crippen LogP contribution in [0.25, 0.3) is 5.70 Å². The van der Waals surface area contributed by atoms with Crippen LogP contribution in [-0.4, -0.2) is 27.8 Å². The van der Waals surface area contributed by atoms with Gasteiger partial charge in [0, 0.05) is 20.6 Å². The molecule has 4 aromatic rings. The van der Waals surface area contributed by atoms with Crippen molar-refractivity contribution in [1.82, 2.24) is 14.8 Å². The highest BCUT2D eigenvalue weighted by atomic mass is 35.5. The number of methoxy groups -OCH3 is 1. The Bertz CT molecular complexity index is 1430. The van der Waals surface area contributed by atoms with Gasteiger partial charge in [-0.05, 0) is 47.5 Å². The van der Waals surface area contributed by atoms with E-state index in [1.54, 1.807) is 35.0 Å². The molecule has 1 atom stereocenters. The molecule has 0 saturated heterocycles. The summed E-state index contributed by atoms with van der Waals surface area (Å²) in [6, 6.07) is 19.3. The summed E-state index contributed by atoms with van der Waals surface area (Å²) in [5, 5.41) is 9.24. The van der Waals surface area contributed by atoms with Crippen molar-refractivity contribution in [2.75, 3.05) is 12.4 Å². The molecular weight excluding hydrogens is 523 g/mol. The second-order valence-electron chi connectivity index (χ2n) is 7.90. The van der Waals surface area contributed by atoms with Crippen molar-refractivity contribution >= 4 is 52.4 Å². The van der Waals surface area contributed by atoms with Gasteiger partial charge in [-0.3, -0.25) is 0 Å².